The van der Waals surface area contributed by atoms with Crippen molar-refractivity contribution >= 4 is 12.6 Å². The van der Waals surface area contributed by atoms with E-state index in [9.17, 15) is 14.7 Å². The third-order valence-corrected chi connectivity index (χ3v) is 7.84. The number of hydrogen-bond donors (Lipinski definition) is 3. The number of unbranched alkanes of at least 4 members (excludes halogenated alkanes) is 6. The molecule has 3 N–H and O–H groups in total. The quantitative estimate of drug-likeness (QED) is 0.243. The second kappa shape index (κ2) is 12.7. The molecule has 0 aromatic heterocycles. The van der Waals surface area contributed by atoms with Gasteiger partial charge in [-0.1, -0.05) is 60.7 Å². The molecule has 0 spiro atoms. The van der Waals surface area contributed by atoms with Crippen LogP contribution in [-0.4, -0.2) is 20.8 Å². The molecule has 0 fully saturated rings. The van der Waals surface area contributed by atoms with Crippen LogP contribution in [-0.2, 0) is 0 Å². The van der Waals surface area contributed by atoms with Crippen LogP contribution >= 0.6 is 7.28 Å². The molecule has 4 heteroatoms. The van der Waals surface area contributed by atoms with Crippen LogP contribution in [0.15, 0.2) is 91.0 Å². The Morgan fingerprint density at radius 3 is 1.35 bits per heavy atom. The Morgan fingerprint density at radius 1 is 0.516 bits per heavy atom. The van der Waals surface area contributed by atoms with Crippen molar-refractivity contribution in [2.24, 2.45) is 0 Å². The minimum Gasteiger partial charge on any atom is -0.0622 e. The van der Waals surface area contributed by atoms with E-state index < -0.39 is 7.28 Å². The summed E-state index contributed by atoms with van der Waals surface area (Å²) >= 11 is 0. The fourth-order valence-corrected chi connectivity index (χ4v) is 5.33. The van der Waals surface area contributed by atoms with Crippen molar-refractivity contribution in [1.29, 1.82) is 0 Å². The van der Waals surface area contributed by atoms with Gasteiger partial charge in [-0.2, -0.15) is 0 Å². The maximum absolute atomic E-state index is 10.1. The molecule has 0 radical (unpaired) electrons. The van der Waals surface area contributed by atoms with Gasteiger partial charge in [0.1, 0.15) is 0 Å². The predicted octanol–water partition coefficient (Wildman–Crippen LogP) is 6.69. The molecule has 0 unspecified atom stereocenters. The zero-order valence-corrected chi connectivity index (χ0v) is 19.5. The molecule has 0 aliphatic carbocycles. The summed E-state index contributed by atoms with van der Waals surface area (Å²) in [4.78, 5) is 30.4. The molecule has 3 nitrogen and oxygen atoms in total. The molecule has 0 bridgehead atoms. The summed E-state index contributed by atoms with van der Waals surface area (Å²) in [6.45, 7) is 2.19. The molecule has 0 atom stereocenters. The summed E-state index contributed by atoms with van der Waals surface area (Å²) in [5.41, 5.74) is 2.55. The van der Waals surface area contributed by atoms with E-state index in [1.807, 2.05) is 12.1 Å². The summed E-state index contributed by atoms with van der Waals surface area (Å²) < 4.78 is 0. The van der Waals surface area contributed by atoms with Gasteiger partial charge in [-0.15, -0.1) is 0 Å². The largest absolute Gasteiger partial charge is 0.0622 e. The van der Waals surface area contributed by atoms with Gasteiger partial charge >= 0.3 is 116 Å². The van der Waals surface area contributed by atoms with Crippen molar-refractivity contribution in [2.75, 3.05) is 6.16 Å². The van der Waals surface area contributed by atoms with Gasteiger partial charge in [0.15, 0.2) is 0 Å². The van der Waals surface area contributed by atoms with Crippen molar-refractivity contribution < 1.29 is 14.7 Å². The zero-order valence-electron chi connectivity index (χ0n) is 18.6. The van der Waals surface area contributed by atoms with Crippen molar-refractivity contribution in [3.05, 3.63) is 91.0 Å². The minimum absolute atomic E-state index is 0.0728. The third kappa shape index (κ3) is 9.33. The Balaban J connectivity index is 0.000000242. The molecule has 168 valence electrons. The number of benzene rings is 3. The predicted molar refractivity (Wildman–Crippen MR) is 134 cm³/mol. The standard InChI is InChI=1S/C15H27O3P.C12H10/c1-2-3-4-5-6-7-11-14-19(16,17,18)15-12-9-8-10-13-15;1-3-7-11(8-4-1)12-9-5-2-6-10-12/h8-10,12-13,16-18H,2-7,11,14H2,1H3;1-10H. The van der Waals surface area contributed by atoms with Gasteiger partial charge in [0.25, 0.3) is 0 Å². The van der Waals surface area contributed by atoms with Gasteiger partial charge in [0.05, 0.1) is 0 Å². The average molecular weight is 441 g/mol. The van der Waals surface area contributed by atoms with E-state index >= 15 is 0 Å². The topological polar surface area (TPSA) is 60.7 Å². The minimum atomic E-state index is -4.63. The van der Waals surface area contributed by atoms with Crippen molar-refractivity contribution in [3.63, 3.8) is 0 Å². The van der Waals surface area contributed by atoms with E-state index in [2.05, 4.69) is 55.5 Å². The van der Waals surface area contributed by atoms with Gasteiger partial charge in [-0.25, -0.2) is 0 Å². The molecule has 0 aliphatic heterocycles. The van der Waals surface area contributed by atoms with Gasteiger partial charge in [0, 0.05) is 0 Å². The van der Waals surface area contributed by atoms with E-state index in [0.717, 1.165) is 12.8 Å². The van der Waals surface area contributed by atoms with Crippen LogP contribution in [0.3, 0.4) is 0 Å². The summed E-state index contributed by atoms with van der Waals surface area (Å²) in [5.74, 6) is 0. The molecule has 0 saturated carbocycles. The maximum atomic E-state index is 10.1. The zero-order chi connectivity index (χ0) is 22.4. The van der Waals surface area contributed by atoms with Crippen LogP contribution < -0.4 is 5.30 Å². The molecule has 31 heavy (non-hydrogen) atoms. The fourth-order valence-electron chi connectivity index (χ4n) is 3.48. The fraction of sp³-hybridized carbons (Fsp3) is 0.333. The Hall–Kier alpha value is -2.03. The first kappa shape index (κ1) is 25.2. The van der Waals surface area contributed by atoms with Gasteiger partial charge in [-0.3, -0.25) is 0 Å². The van der Waals surface area contributed by atoms with E-state index in [4.69, 9.17) is 0 Å². The van der Waals surface area contributed by atoms with Crippen LogP contribution in [0.2, 0.25) is 0 Å². The molecule has 0 heterocycles. The van der Waals surface area contributed by atoms with Crippen molar-refractivity contribution in [2.45, 2.75) is 51.9 Å². The van der Waals surface area contributed by atoms with E-state index in [-0.39, 0.29) is 11.5 Å². The van der Waals surface area contributed by atoms with Gasteiger partial charge in [-0.05, 0) is 11.1 Å². The van der Waals surface area contributed by atoms with Crippen LogP contribution in [0.4, 0.5) is 0 Å². The van der Waals surface area contributed by atoms with Gasteiger partial charge in [0.2, 0.25) is 0 Å². The first-order valence-corrected chi connectivity index (χ1v) is 13.6. The third-order valence-electron chi connectivity index (χ3n) is 5.34. The van der Waals surface area contributed by atoms with Crippen LogP contribution in [0, 0.1) is 0 Å². The second-order valence-corrected chi connectivity index (χ2v) is 11.3. The molecular formula is C27H37O3P. The van der Waals surface area contributed by atoms with Crippen molar-refractivity contribution in [1.82, 2.24) is 0 Å². The summed E-state index contributed by atoms with van der Waals surface area (Å²) in [6, 6.07) is 29.2. The average Bonchev–Trinajstić information content (AvgIpc) is 2.80. The van der Waals surface area contributed by atoms with Crippen LogP contribution in [0.5, 0.6) is 0 Å². The monoisotopic (exact) mass is 440 g/mol. The number of rotatable bonds is 10. The number of hydrogen-bond acceptors (Lipinski definition) is 3. The van der Waals surface area contributed by atoms with E-state index in [1.165, 1.54) is 36.8 Å². The summed E-state index contributed by atoms with van der Waals surface area (Å²) in [6.07, 6.45) is 7.70. The first-order chi connectivity index (χ1) is 14.9. The molecule has 3 aromatic carbocycles. The Labute approximate surface area is 187 Å². The molecule has 0 amide bonds. The normalized spacial score (nSPS) is 12.3. The maximum Gasteiger partial charge on any atom is -0.0184 e. The SMILES string of the molecule is CCCCCCCCCP(O)(O)(O)c1ccccc1.c1ccc(-c2ccccc2)cc1. The molecular weight excluding hydrogens is 403 g/mol. The summed E-state index contributed by atoms with van der Waals surface area (Å²) in [7, 11) is -4.63. The van der Waals surface area contributed by atoms with E-state index in [0.29, 0.717) is 6.42 Å². The smallest absolute Gasteiger partial charge is 0.0184 e. The molecule has 0 saturated heterocycles. The Morgan fingerprint density at radius 2 is 0.903 bits per heavy atom. The molecule has 0 aliphatic rings. The van der Waals surface area contributed by atoms with Crippen molar-refractivity contribution in [3.8, 4) is 11.1 Å². The van der Waals surface area contributed by atoms with Gasteiger partial charge < -0.3 is 0 Å². The van der Waals surface area contributed by atoms with Crippen LogP contribution in [0.1, 0.15) is 51.9 Å². The molecule has 3 aromatic rings. The Bertz CT molecular complexity index is 806. The van der Waals surface area contributed by atoms with Crippen LogP contribution in [0.25, 0.3) is 11.1 Å². The Kier molecular flexibility index (Phi) is 10.4. The first-order valence-electron chi connectivity index (χ1n) is 11.3. The van der Waals surface area contributed by atoms with E-state index in [1.54, 1.807) is 30.3 Å². The molecule has 3 rings (SSSR count). The summed E-state index contributed by atoms with van der Waals surface area (Å²) in [5, 5.41) is 0.263. The second-order valence-electron chi connectivity index (χ2n) is 8.06.